The molecule has 0 saturated heterocycles. The van der Waals surface area contributed by atoms with Crippen molar-refractivity contribution < 1.29 is 9.90 Å². The highest BCUT2D eigenvalue weighted by Gasteiger charge is 2.17. The molecule has 94 valence electrons. The van der Waals surface area contributed by atoms with Crippen LogP contribution in [0, 0.1) is 0 Å². The van der Waals surface area contributed by atoms with Gasteiger partial charge in [0.15, 0.2) is 5.13 Å². The molecule has 0 unspecified atom stereocenters. The Bertz CT molecular complexity index is 544. The zero-order valence-corrected chi connectivity index (χ0v) is 11.0. The lowest BCUT2D eigenvalue weighted by molar-refractivity contribution is 0.0785. The van der Waals surface area contributed by atoms with Crippen LogP contribution in [-0.4, -0.2) is 16.0 Å². The lowest BCUT2D eigenvalue weighted by Gasteiger charge is -2.18. The van der Waals surface area contributed by atoms with Crippen LogP contribution < -0.4 is 5.32 Å². The number of thiazole rings is 1. The molecule has 0 fully saturated rings. The number of amides is 1. The van der Waals surface area contributed by atoms with Crippen LogP contribution in [0.5, 0.6) is 0 Å². The molecule has 2 aromatic rings. The predicted octanol–water partition coefficient (Wildman–Crippen LogP) is 2.62. The van der Waals surface area contributed by atoms with E-state index < -0.39 is 5.60 Å². The molecule has 4 nitrogen and oxygen atoms in total. The molecule has 0 bridgehead atoms. The molecule has 5 heteroatoms. The minimum absolute atomic E-state index is 0.226. The fourth-order valence-electron chi connectivity index (χ4n) is 1.50. The maximum absolute atomic E-state index is 12.0. The standard InChI is InChI=1S/C13H14N2O2S/c1-13(2,17)10-5-3-4-9(8-10)11(16)15-12-14-6-7-18-12/h3-8,17H,1-2H3,(H,14,15,16). The fraction of sp³-hybridized carbons (Fsp3) is 0.231. The number of benzene rings is 1. The normalized spacial score (nSPS) is 11.3. The number of rotatable bonds is 3. The number of aromatic nitrogens is 1. The molecule has 2 N–H and O–H groups in total. The van der Waals surface area contributed by atoms with Gasteiger partial charge in [-0.3, -0.25) is 10.1 Å². The first kappa shape index (κ1) is 12.7. The summed E-state index contributed by atoms with van der Waals surface area (Å²) >= 11 is 1.36. The molecule has 0 aliphatic carbocycles. The Balaban J connectivity index is 2.21. The van der Waals surface area contributed by atoms with Crippen molar-refractivity contribution in [1.82, 2.24) is 4.98 Å². The quantitative estimate of drug-likeness (QED) is 0.893. The SMILES string of the molecule is CC(C)(O)c1cccc(C(=O)Nc2nccs2)c1. The predicted molar refractivity (Wildman–Crippen MR) is 71.8 cm³/mol. The molecule has 0 spiro atoms. The molecule has 0 aliphatic heterocycles. The highest BCUT2D eigenvalue weighted by molar-refractivity contribution is 7.13. The average Bonchev–Trinajstić information content (AvgIpc) is 2.81. The molecule has 0 aliphatic rings. The summed E-state index contributed by atoms with van der Waals surface area (Å²) in [6.45, 7) is 3.37. The number of carbonyl (C=O) groups excluding carboxylic acids is 1. The van der Waals surface area contributed by atoms with E-state index in [0.717, 1.165) is 0 Å². The Morgan fingerprint density at radius 3 is 2.83 bits per heavy atom. The van der Waals surface area contributed by atoms with Crippen LogP contribution in [0.25, 0.3) is 0 Å². The second kappa shape index (κ2) is 4.88. The van der Waals surface area contributed by atoms with Crippen molar-refractivity contribution in [2.45, 2.75) is 19.4 Å². The van der Waals surface area contributed by atoms with Gasteiger partial charge in [-0.1, -0.05) is 12.1 Å². The Kier molecular flexibility index (Phi) is 3.45. The van der Waals surface area contributed by atoms with Crippen LogP contribution >= 0.6 is 11.3 Å². The molecule has 1 amide bonds. The van der Waals surface area contributed by atoms with Crippen LogP contribution in [0.4, 0.5) is 5.13 Å². The first-order chi connectivity index (χ1) is 8.47. The number of nitrogens with zero attached hydrogens (tertiary/aromatic N) is 1. The summed E-state index contributed by atoms with van der Waals surface area (Å²) in [6.07, 6.45) is 1.63. The lowest BCUT2D eigenvalue weighted by atomic mass is 9.96. The van der Waals surface area contributed by atoms with Crippen LogP contribution in [0.3, 0.4) is 0 Å². The van der Waals surface area contributed by atoms with Crippen molar-refractivity contribution >= 4 is 22.4 Å². The highest BCUT2D eigenvalue weighted by Crippen LogP contribution is 2.21. The van der Waals surface area contributed by atoms with E-state index in [0.29, 0.717) is 16.3 Å². The van der Waals surface area contributed by atoms with E-state index >= 15 is 0 Å². The summed E-state index contributed by atoms with van der Waals surface area (Å²) < 4.78 is 0. The van der Waals surface area contributed by atoms with Gasteiger partial charge in [0.1, 0.15) is 0 Å². The van der Waals surface area contributed by atoms with Gasteiger partial charge in [0.25, 0.3) is 5.91 Å². The molecule has 1 aromatic carbocycles. The Labute approximate surface area is 109 Å². The molecule has 0 saturated carbocycles. The van der Waals surface area contributed by atoms with Gasteiger partial charge in [0.05, 0.1) is 5.60 Å². The van der Waals surface area contributed by atoms with E-state index in [2.05, 4.69) is 10.3 Å². The smallest absolute Gasteiger partial charge is 0.257 e. The molecule has 0 radical (unpaired) electrons. The van der Waals surface area contributed by atoms with E-state index in [4.69, 9.17) is 0 Å². The van der Waals surface area contributed by atoms with Gasteiger partial charge in [-0.15, -0.1) is 11.3 Å². The molecule has 1 heterocycles. The number of hydrogen-bond acceptors (Lipinski definition) is 4. The Morgan fingerprint density at radius 1 is 1.44 bits per heavy atom. The molecule has 18 heavy (non-hydrogen) atoms. The Hall–Kier alpha value is -1.72. The topological polar surface area (TPSA) is 62.2 Å². The summed E-state index contributed by atoms with van der Waals surface area (Å²) in [5.74, 6) is -0.226. The van der Waals surface area contributed by atoms with Gasteiger partial charge >= 0.3 is 0 Å². The van der Waals surface area contributed by atoms with Crippen LogP contribution in [0.15, 0.2) is 35.8 Å². The summed E-state index contributed by atoms with van der Waals surface area (Å²) in [4.78, 5) is 16.0. The second-order valence-corrected chi connectivity index (χ2v) is 5.33. The average molecular weight is 262 g/mol. The van der Waals surface area contributed by atoms with Crippen molar-refractivity contribution in [2.75, 3.05) is 5.32 Å². The van der Waals surface area contributed by atoms with Gasteiger partial charge in [-0.2, -0.15) is 0 Å². The van der Waals surface area contributed by atoms with Gasteiger partial charge in [-0.25, -0.2) is 4.98 Å². The van der Waals surface area contributed by atoms with Gasteiger partial charge in [0, 0.05) is 17.1 Å². The van der Waals surface area contributed by atoms with E-state index in [9.17, 15) is 9.90 Å². The monoisotopic (exact) mass is 262 g/mol. The summed E-state index contributed by atoms with van der Waals surface area (Å²) in [6, 6.07) is 6.94. The van der Waals surface area contributed by atoms with Crippen molar-refractivity contribution in [3.63, 3.8) is 0 Å². The first-order valence-electron chi connectivity index (χ1n) is 5.50. The van der Waals surface area contributed by atoms with Gasteiger partial charge in [0.2, 0.25) is 0 Å². The third-order valence-electron chi connectivity index (χ3n) is 2.48. The lowest BCUT2D eigenvalue weighted by Crippen LogP contribution is -2.17. The van der Waals surface area contributed by atoms with Crippen LogP contribution in [-0.2, 0) is 5.60 Å². The number of nitrogens with one attached hydrogen (secondary N) is 1. The first-order valence-corrected chi connectivity index (χ1v) is 6.38. The zero-order valence-electron chi connectivity index (χ0n) is 10.2. The fourth-order valence-corrected chi connectivity index (χ4v) is 2.02. The molecular formula is C13H14N2O2S. The number of carbonyl (C=O) groups is 1. The number of hydrogen-bond donors (Lipinski definition) is 2. The summed E-state index contributed by atoms with van der Waals surface area (Å²) in [5, 5.41) is 15.0. The van der Waals surface area contributed by atoms with E-state index in [1.54, 1.807) is 49.7 Å². The largest absolute Gasteiger partial charge is 0.386 e. The van der Waals surface area contributed by atoms with Crippen molar-refractivity contribution in [3.05, 3.63) is 47.0 Å². The maximum Gasteiger partial charge on any atom is 0.257 e. The van der Waals surface area contributed by atoms with Crippen molar-refractivity contribution in [2.24, 2.45) is 0 Å². The third-order valence-corrected chi connectivity index (χ3v) is 3.17. The van der Waals surface area contributed by atoms with Gasteiger partial charge < -0.3 is 5.11 Å². The molecular weight excluding hydrogens is 248 g/mol. The van der Waals surface area contributed by atoms with E-state index in [-0.39, 0.29) is 5.91 Å². The molecule has 2 rings (SSSR count). The third kappa shape index (κ3) is 2.94. The maximum atomic E-state index is 12.0. The second-order valence-electron chi connectivity index (χ2n) is 4.43. The van der Waals surface area contributed by atoms with Gasteiger partial charge in [-0.05, 0) is 31.5 Å². The zero-order chi connectivity index (χ0) is 13.2. The summed E-state index contributed by atoms with van der Waals surface area (Å²) in [7, 11) is 0. The highest BCUT2D eigenvalue weighted by atomic mass is 32.1. The number of aliphatic hydroxyl groups is 1. The minimum Gasteiger partial charge on any atom is -0.386 e. The van der Waals surface area contributed by atoms with Crippen LogP contribution in [0.2, 0.25) is 0 Å². The van der Waals surface area contributed by atoms with Crippen molar-refractivity contribution in [1.29, 1.82) is 0 Å². The van der Waals surface area contributed by atoms with E-state index in [1.807, 2.05) is 0 Å². The van der Waals surface area contributed by atoms with Crippen molar-refractivity contribution in [3.8, 4) is 0 Å². The minimum atomic E-state index is -0.961. The molecule has 0 atom stereocenters. The Morgan fingerprint density at radius 2 is 2.22 bits per heavy atom. The van der Waals surface area contributed by atoms with E-state index in [1.165, 1.54) is 11.3 Å². The number of anilines is 1. The molecule has 1 aromatic heterocycles. The van der Waals surface area contributed by atoms with Crippen LogP contribution in [0.1, 0.15) is 29.8 Å². The summed E-state index contributed by atoms with van der Waals surface area (Å²) in [5.41, 5.74) is 0.247.